The Morgan fingerprint density at radius 1 is 0.389 bits per heavy atom. The van der Waals surface area contributed by atoms with Crippen LogP contribution in [-0.4, -0.2) is 99.2 Å². The van der Waals surface area contributed by atoms with Gasteiger partial charge in [0.1, 0.15) is 22.9 Å². The summed E-state index contributed by atoms with van der Waals surface area (Å²) in [6.07, 6.45) is 0. The zero-order valence-corrected chi connectivity index (χ0v) is 38.1. The van der Waals surface area contributed by atoms with E-state index in [-0.39, 0.29) is 92.5 Å². The van der Waals surface area contributed by atoms with Crippen molar-refractivity contribution in [3.05, 3.63) is 155 Å². The minimum Gasteiger partial charge on any atom is -0.324 e. The summed E-state index contributed by atoms with van der Waals surface area (Å²) in [5, 5.41) is 0.547. The Bertz CT molecular complexity index is 4290. The molecule has 6 aromatic carbocycles. The highest BCUT2D eigenvalue weighted by molar-refractivity contribution is 7.86. The molecule has 13 rings (SSSR count). The van der Waals surface area contributed by atoms with Gasteiger partial charge in [-0.15, -0.1) is 0 Å². The average Bonchev–Trinajstić information content (AvgIpc) is 4.18. The summed E-state index contributed by atoms with van der Waals surface area (Å²) < 4.78 is 70.2. The third-order valence-electron chi connectivity index (χ3n) is 12.9. The number of H-pyrrole nitrogens is 2. The van der Waals surface area contributed by atoms with E-state index in [1.54, 1.807) is 84.9 Å². The van der Waals surface area contributed by atoms with E-state index in [1.807, 2.05) is 0 Å². The highest BCUT2D eigenvalue weighted by atomic mass is 32.2. The van der Waals surface area contributed by atoms with Crippen molar-refractivity contribution in [3.63, 3.8) is 0 Å². The predicted molar refractivity (Wildman–Crippen MR) is 255 cm³/mol. The van der Waals surface area contributed by atoms with E-state index in [0.717, 1.165) is 9.80 Å². The van der Waals surface area contributed by atoms with Crippen molar-refractivity contribution in [2.75, 3.05) is 0 Å². The Morgan fingerprint density at radius 2 is 0.792 bits per heavy atom. The lowest BCUT2D eigenvalue weighted by Crippen LogP contribution is -2.29. The van der Waals surface area contributed by atoms with Gasteiger partial charge in [-0.1, -0.05) is 48.5 Å². The molecule has 2 aromatic heterocycles. The van der Waals surface area contributed by atoms with Crippen LogP contribution in [0.4, 0.5) is 0 Å². The number of carbonyl (C=O) groups excluding carboxylic acids is 4. The minimum atomic E-state index is -4.74. The third kappa shape index (κ3) is 6.65. The Balaban J connectivity index is 1.05. The van der Waals surface area contributed by atoms with Crippen molar-refractivity contribution in [1.82, 2.24) is 49.7 Å². The van der Waals surface area contributed by atoms with E-state index in [4.69, 9.17) is 29.9 Å². The molecular formula is C50H28N10O10S2. The van der Waals surface area contributed by atoms with Crippen molar-refractivity contribution in [1.29, 1.82) is 0 Å². The maximum Gasteiger partial charge on any atom is 0.294 e. The molecule has 0 saturated carbocycles. The molecule has 7 heterocycles. The molecule has 5 aliphatic rings. The Kier molecular flexibility index (Phi) is 9.01. The SMILES string of the molecule is O=C1c2ccccc2C(=O)N1Cc1ccc2c(c1)-c1nc-2nc2[nH]c(nc3nc([nH]c4nc(n1)-c1ccc(CN5C(=O)c6ccccc6C5=O)cc1-4)-c1cc(S(=O)(=O)O)ccc1-3)c1cc(S(=O)(=O)O)ccc21. The molecule has 4 amide bonds. The highest BCUT2D eigenvalue weighted by Gasteiger charge is 2.37. The molecule has 0 aliphatic carbocycles. The second kappa shape index (κ2) is 15.1. The number of rotatable bonds is 6. The van der Waals surface area contributed by atoms with Crippen LogP contribution in [0.1, 0.15) is 52.6 Å². The van der Waals surface area contributed by atoms with Gasteiger partial charge in [-0.05, 0) is 83.9 Å². The normalized spacial score (nSPS) is 14.1. The molecule has 0 unspecified atom stereocenters. The maximum absolute atomic E-state index is 13.5. The number of nitrogens with zero attached hydrogens (tertiary/aromatic N) is 8. The van der Waals surface area contributed by atoms with Gasteiger partial charge in [0.2, 0.25) is 0 Å². The zero-order valence-electron chi connectivity index (χ0n) is 36.5. The van der Waals surface area contributed by atoms with Gasteiger partial charge in [0.25, 0.3) is 43.9 Å². The molecule has 20 nitrogen and oxygen atoms in total. The zero-order chi connectivity index (χ0) is 49.5. The number of hydrogen-bond donors (Lipinski definition) is 4. The van der Waals surface area contributed by atoms with Crippen molar-refractivity contribution in [3.8, 4) is 68.3 Å². The fourth-order valence-electron chi connectivity index (χ4n) is 9.49. The lowest BCUT2D eigenvalue weighted by atomic mass is 10.0. The Morgan fingerprint density at radius 3 is 1.32 bits per heavy atom. The van der Waals surface area contributed by atoms with Crippen LogP contribution < -0.4 is 0 Å². The largest absolute Gasteiger partial charge is 0.324 e. The quantitative estimate of drug-likeness (QED) is 0.0977. The van der Waals surface area contributed by atoms with Gasteiger partial charge < -0.3 is 9.97 Å². The van der Waals surface area contributed by atoms with E-state index in [0.29, 0.717) is 44.3 Å². The van der Waals surface area contributed by atoms with Crippen LogP contribution >= 0.6 is 0 Å². The van der Waals surface area contributed by atoms with Crippen LogP contribution in [0.5, 0.6) is 0 Å². The predicted octanol–water partition coefficient (Wildman–Crippen LogP) is 6.86. The van der Waals surface area contributed by atoms with Crippen LogP contribution in [0, 0.1) is 0 Å². The Labute approximate surface area is 405 Å². The standard InChI is InChI=1S/C50H28N10O10S2/c61-47-31-5-1-2-6-32(31)48(62)59(47)21-23-9-13-27-35(17-23)43-52-39(27)51-41-29-15-11-25(71(65,66)67)19-37(29)45(55-41)56-42-30-16-12-26(72(68,69)70)20-38(30)46(57-42)58-44-36-18-24(10-14-28(36)40(53-43)54-44)22-60-49(63)33-7-3-4-8-34(33)50(60)64/h1-20H,21-22H2,(H,65,66,67)(H,68,69,70)(H2,51,52,53,54,55,56,57,58). The number of hydrogen-bond acceptors (Lipinski definition) is 14. The number of benzene rings is 6. The smallest absolute Gasteiger partial charge is 0.294 e. The molecule has 0 saturated heterocycles. The fourth-order valence-corrected chi connectivity index (χ4v) is 10.5. The van der Waals surface area contributed by atoms with E-state index in [2.05, 4.69) is 9.97 Å². The minimum absolute atomic E-state index is 0.00490. The molecule has 8 bridgehead atoms. The molecule has 4 N–H and O–H groups in total. The molecule has 350 valence electrons. The third-order valence-corrected chi connectivity index (χ3v) is 14.6. The first-order valence-electron chi connectivity index (χ1n) is 21.8. The lowest BCUT2D eigenvalue weighted by molar-refractivity contribution is 0.0627. The first-order chi connectivity index (χ1) is 34.6. The number of carbonyl (C=O) groups is 4. The number of fused-ring (bicyclic) bond motifs is 22. The maximum atomic E-state index is 13.5. The molecule has 72 heavy (non-hydrogen) atoms. The van der Waals surface area contributed by atoms with Crippen LogP contribution in [0.15, 0.2) is 131 Å². The van der Waals surface area contributed by atoms with Gasteiger partial charge in [-0.25, -0.2) is 29.9 Å². The Hall–Kier alpha value is -9.22. The highest BCUT2D eigenvalue weighted by Crippen LogP contribution is 2.42. The van der Waals surface area contributed by atoms with Gasteiger partial charge in [-0.3, -0.25) is 38.1 Å². The molecule has 5 aliphatic heterocycles. The molecule has 0 atom stereocenters. The van der Waals surface area contributed by atoms with Crippen molar-refractivity contribution < 1.29 is 45.1 Å². The molecule has 0 radical (unpaired) electrons. The van der Waals surface area contributed by atoms with Gasteiger partial charge in [0.15, 0.2) is 23.3 Å². The number of nitrogens with one attached hydrogen (secondary N) is 2. The number of imide groups is 2. The first-order valence-corrected chi connectivity index (χ1v) is 24.7. The second-order valence-corrected chi connectivity index (χ2v) is 20.1. The summed E-state index contributed by atoms with van der Waals surface area (Å²) in [6, 6.07) is 31.0. The van der Waals surface area contributed by atoms with Crippen molar-refractivity contribution >= 4 is 65.9 Å². The van der Waals surface area contributed by atoms with Crippen LogP contribution in [0.25, 0.3) is 90.4 Å². The molecule has 8 aromatic rings. The average molecular weight is 993 g/mol. The molecule has 22 heteroatoms. The van der Waals surface area contributed by atoms with Crippen molar-refractivity contribution in [2.45, 2.75) is 22.9 Å². The van der Waals surface area contributed by atoms with Gasteiger partial charge in [0.05, 0.1) is 45.1 Å². The summed E-state index contributed by atoms with van der Waals surface area (Å²) in [7, 11) is -9.46. The summed E-state index contributed by atoms with van der Waals surface area (Å²) in [4.78, 5) is 91.0. The summed E-state index contributed by atoms with van der Waals surface area (Å²) in [5.74, 6) is -1.26. The molecule has 0 spiro atoms. The first kappa shape index (κ1) is 42.8. The monoisotopic (exact) mass is 992 g/mol. The summed E-state index contributed by atoms with van der Waals surface area (Å²) in [6.45, 7) is -0.205. The van der Waals surface area contributed by atoms with Gasteiger partial charge in [0, 0.05) is 44.2 Å². The fraction of sp³-hybridized carbons (Fsp3) is 0.0400. The van der Waals surface area contributed by atoms with Gasteiger partial charge >= 0.3 is 0 Å². The topological polar surface area (TPSA) is 292 Å². The number of aromatic amines is 2. The van der Waals surface area contributed by atoms with E-state index >= 15 is 0 Å². The lowest BCUT2D eigenvalue weighted by Gasteiger charge is -2.15. The van der Waals surface area contributed by atoms with E-state index < -0.39 is 53.7 Å². The van der Waals surface area contributed by atoms with Crippen LogP contribution in [0.2, 0.25) is 0 Å². The number of aromatic nitrogens is 8. The van der Waals surface area contributed by atoms with Gasteiger partial charge in [-0.2, -0.15) is 16.8 Å². The molecular weight excluding hydrogens is 965 g/mol. The summed E-state index contributed by atoms with van der Waals surface area (Å²) in [5.41, 5.74) is 4.70. The summed E-state index contributed by atoms with van der Waals surface area (Å²) >= 11 is 0. The van der Waals surface area contributed by atoms with E-state index in [1.165, 1.54) is 36.4 Å². The van der Waals surface area contributed by atoms with Crippen LogP contribution in [0.3, 0.4) is 0 Å². The van der Waals surface area contributed by atoms with Crippen LogP contribution in [-0.2, 0) is 33.3 Å². The number of amides is 4. The van der Waals surface area contributed by atoms with E-state index in [9.17, 15) is 45.1 Å². The molecule has 0 fully saturated rings. The second-order valence-electron chi connectivity index (χ2n) is 17.2. The van der Waals surface area contributed by atoms with Crippen molar-refractivity contribution in [2.24, 2.45) is 0 Å².